The van der Waals surface area contributed by atoms with Gasteiger partial charge in [0.15, 0.2) is 0 Å². The number of hydrogen-bond donors (Lipinski definition) is 2. The summed E-state index contributed by atoms with van der Waals surface area (Å²) in [5.41, 5.74) is 6.85. The number of aromatic nitrogens is 2. The number of carboxylic acid groups (broad SMARTS) is 1. The number of anilines is 1. The van der Waals surface area contributed by atoms with E-state index in [1.54, 1.807) is 6.33 Å². The van der Waals surface area contributed by atoms with Crippen LogP contribution >= 0.6 is 0 Å². The summed E-state index contributed by atoms with van der Waals surface area (Å²) in [6.45, 7) is 12.4. The number of aryl methyl sites for hydroxylation is 3. The van der Waals surface area contributed by atoms with Gasteiger partial charge < -0.3 is 10.4 Å². The molecule has 0 aliphatic carbocycles. The highest BCUT2D eigenvalue weighted by molar-refractivity contribution is 5.73. The Labute approximate surface area is 137 Å². The zero-order valence-corrected chi connectivity index (χ0v) is 14.6. The van der Waals surface area contributed by atoms with Crippen molar-refractivity contribution in [3.8, 4) is 11.1 Å². The van der Waals surface area contributed by atoms with Crippen LogP contribution in [0.15, 0.2) is 24.5 Å². The topological polar surface area (TPSA) is 75.1 Å². The number of nitrogens with one attached hydrogen (secondary N) is 1. The van der Waals surface area contributed by atoms with Gasteiger partial charge in [-0.15, -0.1) is 0 Å². The number of benzene rings is 1. The monoisotopic (exact) mass is 315 g/mol. The Kier molecular flexibility index (Phi) is 6.25. The molecule has 23 heavy (non-hydrogen) atoms. The van der Waals surface area contributed by atoms with Crippen molar-refractivity contribution in [2.45, 2.75) is 47.1 Å². The number of rotatable bonds is 2. The molecule has 0 saturated carbocycles. The Hall–Kier alpha value is -2.43. The Morgan fingerprint density at radius 1 is 1.09 bits per heavy atom. The molecule has 0 bridgehead atoms. The van der Waals surface area contributed by atoms with E-state index in [1.165, 1.54) is 11.1 Å². The van der Waals surface area contributed by atoms with Gasteiger partial charge in [-0.25, -0.2) is 9.97 Å². The highest BCUT2D eigenvalue weighted by atomic mass is 16.3. The molecular formula is C18H25N3O2. The molecule has 0 saturated heterocycles. The van der Waals surface area contributed by atoms with Crippen LogP contribution in [-0.2, 0) is 4.79 Å². The number of hydrogen-bond acceptors (Lipinski definition) is 4. The third kappa shape index (κ3) is 5.36. The minimum Gasteiger partial charge on any atom is -0.483 e. The fourth-order valence-corrected chi connectivity index (χ4v) is 2.44. The summed E-state index contributed by atoms with van der Waals surface area (Å²) in [5.74, 6) is 0. The van der Waals surface area contributed by atoms with Gasteiger partial charge in [-0.1, -0.05) is 6.07 Å². The summed E-state index contributed by atoms with van der Waals surface area (Å²) in [4.78, 5) is 17.0. The lowest BCUT2D eigenvalue weighted by molar-refractivity contribution is -0.122. The van der Waals surface area contributed by atoms with Crippen LogP contribution in [0.1, 0.15) is 37.7 Å². The predicted molar refractivity (Wildman–Crippen MR) is 93.7 cm³/mol. The predicted octanol–water partition coefficient (Wildman–Crippen LogP) is 3.98. The SMILES string of the molecule is Cc1cc(NC(C)(C)C)ccc1-c1c(C)ncnc1C.O=CO. The van der Waals surface area contributed by atoms with Crippen LogP contribution in [0.2, 0.25) is 0 Å². The first kappa shape index (κ1) is 18.6. The smallest absolute Gasteiger partial charge is 0.290 e. The van der Waals surface area contributed by atoms with Gasteiger partial charge in [-0.3, -0.25) is 4.79 Å². The van der Waals surface area contributed by atoms with Gasteiger partial charge in [-0.2, -0.15) is 0 Å². The van der Waals surface area contributed by atoms with Crippen molar-refractivity contribution >= 4 is 12.2 Å². The molecule has 1 aromatic heterocycles. The summed E-state index contributed by atoms with van der Waals surface area (Å²) in [5, 5.41) is 10.4. The average molecular weight is 315 g/mol. The molecule has 0 spiro atoms. The third-order valence-corrected chi connectivity index (χ3v) is 3.24. The zero-order valence-electron chi connectivity index (χ0n) is 14.6. The van der Waals surface area contributed by atoms with Crippen LogP contribution in [0.25, 0.3) is 11.1 Å². The molecule has 2 aromatic rings. The van der Waals surface area contributed by atoms with Crippen LogP contribution in [0.4, 0.5) is 5.69 Å². The van der Waals surface area contributed by atoms with Crippen LogP contribution in [-0.4, -0.2) is 27.1 Å². The summed E-state index contributed by atoms with van der Waals surface area (Å²) < 4.78 is 0. The second-order valence-electron chi connectivity index (χ2n) is 6.43. The van der Waals surface area contributed by atoms with E-state index in [0.29, 0.717) is 0 Å². The fourth-order valence-electron chi connectivity index (χ4n) is 2.44. The van der Waals surface area contributed by atoms with Crippen molar-refractivity contribution in [1.82, 2.24) is 9.97 Å². The van der Waals surface area contributed by atoms with E-state index >= 15 is 0 Å². The minimum absolute atomic E-state index is 0.0651. The van der Waals surface area contributed by atoms with Crippen molar-refractivity contribution < 1.29 is 9.90 Å². The third-order valence-electron chi connectivity index (χ3n) is 3.24. The summed E-state index contributed by atoms with van der Waals surface area (Å²) in [7, 11) is 0. The molecule has 0 radical (unpaired) electrons. The molecule has 0 fully saturated rings. The van der Waals surface area contributed by atoms with Crippen molar-refractivity contribution in [3.63, 3.8) is 0 Å². The normalized spacial score (nSPS) is 10.5. The lowest BCUT2D eigenvalue weighted by Crippen LogP contribution is -2.26. The second-order valence-corrected chi connectivity index (χ2v) is 6.43. The van der Waals surface area contributed by atoms with E-state index in [9.17, 15) is 0 Å². The van der Waals surface area contributed by atoms with Crippen molar-refractivity contribution in [2.75, 3.05) is 5.32 Å². The molecule has 0 aliphatic heterocycles. The van der Waals surface area contributed by atoms with Crippen LogP contribution < -0.4 is 5.32 Å². The maximum atomic E-state index is 8.36. The van der Waals surface area contributed by atoms with Crippen molar-refractivity contribution in [1.29, 1.82) is 0 Å². The number of nitrogens with zero attached hydrogens (tertiary/aromatic N) is 2. The van der Waals surface area contributed by atoms with E-state index in [1.807, 2.05) is 13.8 Å². The molecule has 1 aromatic carbocycles. The van der Waals surface area contributed by atoms with Gasteiger partial charge in [0.25, 0.3) is 6.47 Å². The zero-order chi connectivity index (χ0) is 17.6. The molecule has 5 nitrogen and oxygen atoms in total. The summed E-state index contributed by atoms with van der Waals surface area (Å²) in [6.07, 6.45) is 1.62. The highest BCUT2D eigenvalue weighted by Crippen LogP contribution is 2.30. The second kappa shape index (κ2) is 7.72. The quantitative estimate of drug-likeness (QED) is 0.820. The first-order valence-corrected chi connectivity index (χ1v) is 7.45. The lowest BCUT2D eigenvalue weighted by atomic mass is 9.97. The molecule has 5 heteroatoms. The van der Waals surface area contributed by atoms with Crippen LogP contribution in [0.3, 0.4) is 0 Å². The first-order chi connectivity index (χ1) is 10.7. The van der Waals surface area contributed by atoms with Gasteiger partial charge in [0.05, 0.1) is 0 Å². The molecule has 2 N–H and O–H groups in total. The Balaban J connectivity index is 0.000000816. The molecule has 0 unspecified atom stereocenters. The molecule has 2 rings (SSSR count). The van der Waals surface area contributed by atoms with Gasteiger partial charge in [-0.05, 0) is 64.8 Å². The minimum atomic E-state index is -0.250. The Morgan fingerprint density at radius 3 is 2.04 bits per heavy atom. The Morgan fingerprint density at radius 2 is 1.61 bits per heavy atom. The van der Waals surface area contributed by atoms with Crippen molar-refractivity contribution in [3.05, 3.63) is 41.5 Å². The summed E-state index contributed by atoms with van der Waals surface area (Å²) in [6, 6.07) is 6.47. The average Bonchev–Trinajstić information content (AvgIpc) is 2.40. The maximum Gasteiger partial charge on any atom is 0.290 e. The van der Waals surface area contributed by atoms with Gasteiger partial charge in [0.1, 0.15) is 6.33 Å². The van der Waals surface area contributed by atoms with E-state index in [0.717, 1.165) is 22.6 Å². The van der Waals surface area contributed by atoms with Gasteiger partial charge >= 0.3 is 0 Å². The molecule has 0 atom stereocenters. The van der Waals surface area contributed by atoms with E-state index < -0.39 is 0 Å². The molecule has 1 heterocycles. The lowest BCUT2D eigenvalue weighted by Gasteiger charge is -2.23. The van der Waals surface area contributed by atoms with Crippen LogP contribution in [0.5, 0.6) is 0 Å². The standard InChI is InChI=1S/C17H23N3.CH2O2/c1-11-9-14(20-17(4,5)6)7-8-15(11)16-12(2)18-10-19-13(16)3;2-1-3/h7-10,20H,1-6H3;1H,(H,2,3). The molecule has 124 valence electrons. The largest absolute Gasteiger partial charge is 0.483 e. The van der Waals surface area contributed by atoms with Gasteiger partial charge in [0.2, 0.25) is 0 Å². The molecular weight excluding hydrogens is 290 g/mol. The Bertz CT molecular complexity index is 656. The van der Waals surface area contributed by atoms with E-state index in [4.69, 9.17) is 9.90 Å². The molecule has 0 amide bonds. The van der Waals surface area contributed by atoms with E-state index in [-0.39, 0.29) is 12.0 Å². The first-order valence-electron chi connectivity index (χ1n) is 7.45. The molecule has 0 aliphatic rings. The number of carbonyl (C=O) groups is 1. The van der Waals surface area contributed by atoms with Crippen molar-refractivity contribution in [2.24, 2.45) is 0 Å². The fraction of sp³-hybridized carbons (Fsp3) is 0.389. The van der Waals surface area contributed by atoms with Gasteiger partial charge in [0, 0.05) is 28.2 Å². The van der Waals surface area contributed by atoms with Crippen LogP contribution in [0, 0.1) is 20.8 Å². The summed E-state index contributed by atoms with van der Waals surface area (Å²) >= 11 is 0. The van der Waals surface area contributed by atoms with E-state index in [2.05, 4.69) is 61.2 Å². The highest BCUT2D eigenvalue weighted by Gasteiger charge is 2.13. The maximum absolute atomic E-state index is 8.36.